The van der Waals surface area contributed by atoms with Crippen LogP contribution in [-0.2, 0) is 0 Å². The summed E-state index contributed by atoms with van der Waals surface area (Å²) in [6, 6.07) is 10.8. The Morgan fingerprint density at radius 3 is 2.77 bits per heavy atom. The Balaban J connectivity index is 2.12. The summed E-state index contributed by atoms with van der Waals surface area (Å²) >= 11 is 0. The van der Waals surface area contributed by atoms with Crippen LogP contribution in [0.3, 0.4) is 0 Å². The summed E-state index contributed by atoms with van der Waals surface area (Å²) < 4.78 is 0. The molecule has 0 radical (unpaired) electrons. The molecule has 0 spiro atoms. The molecule has 1 unspecified atom stereocenters. The fourth-order valence-electron chi connectivity index (χ4n) is 1.49. The molecule has 68 valence electrons. The van der Waals surface area contributed by atoms with E-state index >= 15 is 0 Å². The fraction of sp³-hybridized carbons (Fsp3) is 0.364. The highest BCUT2D eigenvalue weighted by Gasteiger charge is 2.15. The SMILES string of the molecule is CCC1CN=C(c2ccccc2)N1. The number of nitrogens with zero attached hydrogens (tertiary/aromatic N) is 1. The van der Waals surface area contributed by atoms with Gasteiger partial charge >= 0.3 is 0 Å². The molecular weight excluding hydrogens is 160 g/mol. The first-order chi connectivity index (χ1) is 6.40. The number of benzene rings is 1. The molecule has 0 aliphatic carbocycles. The molecule has 1 aromatic carbocycles. The summed E-state index contributed by atoms with van der Waals surface area (Å²) in [6.07, 6.45) is 1.14. The van der Waals surface area contributed by atoms with Crippen molar-refractivity contribution in [3.05, 3.63) is 35.9 Å². The first-order valence-corrected chi connectivity index (χ1v) is 4.76. The quantitative estimate of drug-likeness (QED) is 0.726. The van der Waals surface area contributed by atoms with Crippen LogP contribution in [0.25, 0.3) is 0 Å². The van der Waals surface area contributed by atoms with Gasteiger partial charge in [0.05, 0.1) is 6.54 Å². The molecule has 1 aliphatic rings. The maximum absolute atomic E-state index is 4.46. The Morgan fingerprint density at radius 2 is 2.15 bits per heavy atom. The largest absolute Gasteiger partial charge is 0.365 e. The molecule has 0 aromatic heterocycles. The van der Waals surface area contributed by atoms with Gasteiger partial charge in [-0.25, -0.2) is 0 Å². The molecule has 0 amide bonds. The van der Waals surface area contributed by atoms with Gasteiger partial charge in [-0.1, -0.05) is 37.3 Å². The van der Waals surface area contributed by atoms with Gasteiger partial charge in [-0.3, -0.25) is 4.99 Å². The van der Waals surface area contributed by atoms with Gasteiger partial charge in [0.25, 0.3) is 0 Å². The van der Waals surface area contributed by atoms with Gasteiger partial charge in [-0.05, 0) is 6.42 Å². The van der Waals surface area contributed by atoms with Gasteiger partial charge in [0.1, 0.15) is 5.84 Å². The standard InChI is InChI=1S/C11H14N2/c1-2-10-8-12-11(13-10)9-6-4-3-5-7-9/h3-7,10H,2,8H2,1H3,(H,12,13). The molecular formula is C11H14N2. The highest BCUT2D eigenvalue weighted by molar-refractivity contribution is 5.99. The van der Waals surface area contributed by atoms with Crippen molar-refractivity contribution in [1.82, 2.24) is 5.32 Å². The summed E-state index contributed by atoms with van der Waals surface area (Å²) in [5, 5.41) is 3.41. The van der Waals surface area contributed by atoms with E-state index in [1.165, 1.54) is 5.56 Å². The zero-order valence-corrected chi connectivity index (χ0v) is 7.83. The Hall–Kier alpha value is -1.31. The van der Waals surface area contributed by atoms with Crippen LogP contribution in [0.1, 0.15) is 18.9 Å². The smallest absolute Gasteiger partial charge is 0.128 e. The summed E-state index contributed by atoms with van der Waals surface area (Å²) in [6.45, 7) is 3.10. The average Bonchev–Trinajstić information content (AvgIpc) is 2.67. The second-order valence-corrected chi connectivity index (χ2v) is 3.30. The zero-order chi connectivity index (χ0) is 9.10. The van der Waals surface area contributed by atoms with Crippen molar-refractivity contribution >= 4 is 5.84 Å². The lowest BCUT2D eigenvalue weighted by atomic mass is 10.2. The molecule has 2 nitrogen and oxygen atoms in total. The Morgan fingerprint density at radius 1 is 1.38 bits per heavy atom. The van der Waals surface area contributed by atoms with E-state index in [0.717, 1.165) is 18.8 Å². The number of aliphatic imine (C=N–C) groups is 1. The molecule has 0 saturated carbocycles. The third-order valence-corrected chi connectivity index (χ3v) is 2.35. The van der Waals surface area contributed by atoms with Crippen LogP contribution in [0.15, 0.2) is 35.3 Å². The average molecular weight is 174 g/mol. The second kappa shape index (κ2) is 3.60. The maximum Gasteiger partial charge on any atom is 0.128 e. The summed E-state index contributed by atoms with van der Waals surface area (Å²) in [5.41, 5.74) is 1.19. The van der Waals surface area contributed by atoms with Crippen molar-refractivity contribution in [2.75, 3.05) is 6.54 Å². The van der Waals surface area contributed by atoms with Gasteiger partial charge < -0.3 is 5.32 Å². The fourth-order valence-corrected chi connectivity index (χ4v) is 1.49. The number of hydrogen-bond donors (Lipinski definition) is 1. The van der Waals surface area contributed by atoms with E-state index in [2.05, 4.69) is 29.4 Å². The van der Waals surface area contributed by atoms with Gasteiger partial charge in [0.15, 0.2) is 0 Å². The minimum Gasteiger partial charge on any atom is -0.365 e. The van der Waals surface area contributed by atoms with Crippen molar-refractivity contribution in [3.8, 4) is 0 Å². The van der Waals surface area contributed by atoms with Crippen LogP contribution in [0.4, 0.5) is 0 Å². The van der Waals surface area contributed by atoms with Crippen molar-refractivity contribution in [1.29, 1.82) is 0 Å². The van der Waals surface area contributed by atoms with E-state index in [0.29, 0.717) is 6.04 Å². The lowest BCUT2D eigenvalue weighted by Crippen LogP contribution is -2.29. The number of rotatable bonds is 2. The van der Waals surface area contributed by atoms with E-state index in [1.54, 1.807) is 0 Å². The third-order valence-electron chi connectivity index (χ3n) is 2.35. The number of nitrogens with one attached hydrogen (secondary N) is 1. The molecule has 1 atom stereocenters. The Labute approximate surface area is 78.7 Å². The molecule has 2 heteroatoms. The summed E-state index contributed by atoms with van der Waals surface area (Å²) in [4.78, 5) is 4.46. The van der Waals surface area contributed by atoms with Gasteiger partial charge in [0.2, 0.25) is 0 Å². The van der Waals surface area contributed by atoms with Crippen LogP contribution in [0.5, 0.6) is 0 Å². The third kappa shape index (κ3) is 1.72. The van der Waals surface area contributed by atoms with Crippen molar-refractivity contribution in [2.45, 2.75) is 19.4 Å². The molecule has 0 bridgehead atoms. The summed E-state index contributed by atoms with van der Waals surface area (Å²) in [5.74, 6) is 1.05. The Kier molecular flexibility index (Phi) is 2.30. The molecule has 1 N–H and O–H groups in total. The number of amidine groups is 1. The first-order valence-electron chi connectivity index (χ1n) is 4.76. The molecule has 1 aromatic rings. The summed E-state index contributed by atoms with van der Waals surface area (Å²) in [7, 11) is 0. The minimum absolute atomic E-state index is 0.537. The second-order valence-electron chi connectivity index (χ2n) is 3.30. The predicted molar refractivity (Wildman–Crippen MR) is 55.1 cm³/mol. The van der Waals surface area contributed by atoms with E-state index in [9.17, 15) is 0 Å². The monoisotopic (exact) mass is 174 g/mol. The van der Waals surface area contributed by atoms with Gasteiger partial charge in [0, 0.05) is 11.6 Å². The van der Waals surface area contributed by atoms with Gasteiger partial charge in [-0.2, -0.15) is 0 Å². The molecule has 13 heavy (non-hydrogen) atoms. The van der Waals surface area contributed by atoms with Crippen molar-refractivity contribution in [3.63, 3.8) is 0 Å². The normalized spacial score (nSPS) is 21.0. The van der Waals surface area contributed by atoms with Crippen molar-refractivity contribution < 1.29 is 0 Å². The lowest BCUT2D eigenvalue weighted by Gasteiger charge is -2.08. The topological polar surface area (TPSA) is 24.4 Å². The molecule has 0 saturated heterocycles. The minimum atomic E-state index is 0.537. The van der Waals surface area contributed by atoms with Crippen LogP contribution in [0.2, 0.25) is 0 Å². The van der Waals surface area contributed by atoms with E-state index in [-0.39, 0.29) is 0 Å². The lowest BCUT2D eigenvalue weighted by molar-refractivity contribution is 0.636. The zero-order valence-electron chi connectivity index (χ0n) is 7.83. The van der Waals surface area contributed by atoms with E-state index in [4.69, 9.17) is 0 Å². The van der Waals surface area contributed by atoms with Gasteiger partial charge in [-0.15, -0.1) is 0 Å². The van der Waals surface area contributed by atoms with Crippen LogP contribution in [0, 0.1) is 0 Å². The molecule has 1 aliphatic heterocycles. The maximum atomic E-state index is 4.46. The van der Waals surface area contributed by atoms with Crippen LogP contribution in [-0.4, -0.2) is 18.4 Å². The van der Waals surface area contributed by atoms with Crippen molar-refractivity contribution in [2.24, 2.45) is 4.99 Å². The number of hydrogen-bond acceptors (Lipinski definition) is 2. The highest BCUT2D eigenvalue weighted by atomic mass is 15.1. The molecule has 0 fully saturated rings. The Bertz CT molecular complexity index is 303. The predicted octanol–water partition coefficient (Wildman–Crippen LogP) is 1.81. The first kappa shape index (κ1) is 8.30. The van der Waals surface area contributed by atoms with E-state index < -0.39 is 0 Å². The van der Waals surface area contributed by atoms with Crippen LogP contribution < -0.4 is 5.32 Å². The molecule has 2 rings (SSSR count). The van der Waals surface area contributed by atoms with E-state index in [1.807, 2.05) is 18.2 Å². The molecule has 1 heterocycles. The highest BCUT2D eigenvalue weighted by Crippen LogP contribution is 2.07. The van der Waals surface area contributed by atoms with Crippen LogP contribution >= 0.6 is 0 Å².